The van der Waals surface area contributed by atoms with Gasteiger partial charge in [0.15, 0.2) is 5.13 Å². The van der Waals surface area contributed by atoms with Crippen molar-refractivity contribution in [1.29, 1.82) is 0 Å². The molecular weight excluding hydrogens is 272 g/mol. The molecule has 2 N–H and O–H groups in total. The standard InChI is InChI=1S/C12H11ClN2O2S/c1-2-9-10(11(16)17)18-12(15-9)14-8-5-3-7(13)4-6-8/h3-6H,2H2,1H3,(H,14,15)(H,16,17). The van der Waals surface area contributed by atoms with E-state index in [0.29, 0.717) is 22.3 Å². The number of anilines is 2. The van der Waals surface area contributed by atoms with Gasteiger partial charge in [-0.25, -0.2) is 9.78 Å². The van der Waals surface area contributed by atoms with Gasteiger partial charge in [-0.15, -0.1) is 0 Å². The van der Waals surface area contributed by atoms with E-state index in [1.54, 1.807) is 12.1 Å². The lowest BCUT2D eigenvalue weighted by Gasteiger charge is -2.01. The van der Waals surface area contributed by atoms with Crippen LogP contribution in [0.3, 0.4) is 0 Å². The summed E-state index contributed by atoms with van der Waals surface area (Å²) >= 11 is 6.93. The molecule has 2 rings (SSSR count). The maximum atomic E-state index is 11.0. The van der Waals surface area contributed by atoms with Crippen molar-refractivity contribution < 1.29 is 9.90 Å². The van der Waals surface area contributed by atoms with Crippen molar-refractivity contribution in [2.75, 3.05) is 5.32 Å². The van der Waals surface area contributed by atoms with Crippen LogP contribution in [0.2, 0.25) is 5.02 Å². The van der Waals surface area contributed by atoms with Crippen molar-refractivity contribution in [2.24, 2.45) is 0 Å². The Kier molecular flexibility index (Phi) is 3.84. The highest BCUT2D eigenvalue weighted by atomic mass is 35.5. The molecule has 0 saturated heterocycles. The van der Waals surface area contributed by atoms with Crippen LogP contribution in [0.5, 0.6) is 0 Å². The first-order valence-corrected chi connectivity index (χ1v) is 6.55. The quantitative estimate of drug-likeness (QED) is 0.895. The van der Waals surface area contributed by atoms with Crippen molar-refractivity contribution in [2.45, 2.75) is 13.3 Å². The van der Waals surface area contributed by atoms with Gasteiger partial charge in [-0.2, -0.15) is 0 Å². The van der Waals surface area contributed by atoms with Crippen LogP contribution >= 0.6 is 22.9 Å². The molecule has 1 heterocycles. The van der Waals surface area contributed by atoms with Crippen LogP contribution in [-0.2, 0) is 6.42 Å². The minimum Gasteiger partial charge on any atom is -0.477 e. The van der Waals surface area contributed by atoms with Gasteiger partial charge in [0, 0.05) is 10.7 Å². The minimum absolute atomic E-state index is 0.286. The second-order valence-electron chi connectivity index (χ2n) is 3.59. The number of rotatable bonds is 4. The predicted octanol–water partition coefficient (Wildman–Crippen LogP) is 3.80. The third kappa shape index (κ3) is 2.80. The number of aromatic carboxylic acids is 1. The summed E-state index contributed by atoms with van der Waals surface area (Å²) in [5, 5.41) is 13.3. The van der Waals surface area contributed by atoms with Crippen LogP contribution in [0.4, 0.5) is 10.8 Å². The molecule has 0 amide bonds. The summed E-state index contributed by atoms with van der Waals surface area (Å²) in [6.07, 6.45) is 0.598. The third-order valence-electron chi connectivity index (χ3n) is 2.32. The third-order valence-corrected chi connectivity index (χ3v) is 3.58. The van der Waals surface area contributed by atoms with E-state index in [-0.39, 0.29) is 4.88 Å². The Hall–Kier alpha value is -1.59. The number of nitrogens with one attached hydrogen (secondary N) is 1. The van der Waals surface area contributed by atoms with E-state index in [9.17, 15) is 4.79 Å². The topological polar surface area (TPSA) is 62.2 Å². The summed E-state index contributed by atoms with van der Waals surface area (Å²) in [5.41, 5.74) is 1.43. The molecule has 0 unspecified atom stereocenters. The molecule has 1 aromatic heterocycles. The Morgan fingerprint density at radius 3 is 2.61 bits per heavy atom. The zero-order valence-corrected chi connectivity index (χ0v) is 11.2. The van der Waals surface area contributed by atoms with E-state index in [4.69, 9.17) is 16.7 Å². The van der Waals surface area contributed by atoms with E-state index in [1.165, 1.54) is 0 Å². The number of nitrogens with zero attached hydrogens (tertiary/aromatic N) is 1. The number of hydrogen-bond acceptors (Lipinski definition) is 4. The molecule has 94 valence electrons. The SMILES string of the molecule is CCc1nc(Nc2ccc(Cl)cc2)sc1C(=O)O. The summed E-state index contributed by atoms with van der Waals surface area (Å²) in [6.45, 7) is 1.88. The van der Waals surface area contributed by atoms with Crippen molar-refractivity contribution >= 4 is 39.7 Å². The first-order chi connectivity index (χ1) is 8.60. The second kappa shape index (κ2) is 5.37. The van der Waals surface area contributed by atoms with E-state index in [2.05, 4.69) is 10.3 Å². The first-order valence-electron chi connectivity index (χ1n) is 5.35. The molecule has 0 spiro atoms. The molecule has 0 aliphatic rings. The fourth-order valence-electron chi connectivity index (χ4n) is 1.47. The van der Waals surface area contributed by atoms with Gasteiger partial charge < -0.3 is 10.4 Å². The molecule has 2 aromatic rings. The molecule has 0 aliphatic heterocycles. The number of carboxylic acids is 1. The number of hydrogen-bond donors (Lipinski definition) is 2. The van der Waals surface area contributed by atoms with E-state index in [1.807, 2.05) is 19.1 Å². The van der Waals surface area contributed by atoms with Crippen molar-refractivity contribution in [3.8, 4) is 0 Å². The molecule has 18 heavy (non-hydrogen) atoms. The fraction of sp³-hybridized carbons (Fsp3) is 0.167. The van der Waals surface area contributed by atoms with Crippen LogP contribution in [0.15, 0.2) is 24.3 Å². The molecule has 4 nitrogen and oxygen atoms in total. The number of benzene rings is 1. The summed E-state index contributed by atoms with van der Waals surface area (Å²) in [5.74, 6) is -0.937. The Bertz CT molecular complexity index is 566. The van der Waals surface area contributed by atoms with E-state index >= 15 is 0 Å². The van der Waals surface area contributed by atoms with Crippen LogP contribution in [-0.4, -0.2) is 16.1 Å². The molecule has 0 saturated carbocycles. The van der Waals surface area contributed by atoms with Crippen LogP contribution in [0, 0.1) is 0 Å². The van der Waals surface area contributed by atoms with E-state index in [0.717, 1.165) is 17.0 Å². The summed E-state index contributed by atoms with van der Waals surface area (Å²) in [4.78, 5) is 15.6. The van der Waals surface area contributed by atoms with Gasteiger partial charge in [-0.3, -0.25) is 0 Å². The zero-order valence-electron chi connectivity index (χ0n) is 9.61. The number of carbonyl (C=O) groups is 1. The average molecular weight is 283 g/mol. The zero-order chi connectivity index (χ0) is 13.1. The van der Waals surface area contributed by atoms with Gasteiger partial charge in [0.25, 0.3) is 0 Å². The lowest BCUT2D eigenvalue weighted by Crippen LogP contribution is -1.97. The largest absolute Gasteiger partial charge is 0.477 e. The molecule has 0 bridgehead atoms. The number of halogens is 1. The molecule has 6 heteroatoms. The summed E-state index contributed by atoms with van der Waals surface area (Å²) < 4.78 is 0. The molecule has 1 aromatic carbocycles. The fourth-order valence-corrected chi connectivity index (χ4v) is 2.51. The monoisotopic (exact) mass is 282 g/mol. The maximum absolute atomic E-state index is 11.0. The van der Waals surface area contributed by atoms with Crippen molar-refractivity contribution in [3.63, 3.8) is 0 Å². The van der Waals surface area contributed by atoms with Gasteiger partial charge in [-0.1, -0.05) is 29.9 Å². The predicted molar refractivity (Wildman–Crippen MR) is 73.2 cm³/mol. The first kappa shape index (κ1) is 12.9. The van der Waals surface area contributed by atoms with Gasteiger partial charge in [0.2, 0.25) is 0 Å². The Labute approximate surface area is 113 Å². The normalized spacial score (nSPS) is 10.3. The van der Waals surface area contributed by atoms with Crippen molar-refractivity contribution in [3.05, 3.63) is 39.9 Å². The molecule has 0 aliphatic carbocycles. The van der Waals surface area contributed by atoms with Gasteiger partial charge >= 0.3 is 5.97 Å². The van der Waals surface area contributed by atoms with Crippen molar-refractivity contribution in [1.82, 2.24) is 4.98 Å². The minimum atomic E-state index is -0.937. The molecule has 0 fully saturated rings. The average Bonchev–Trinajstić information content (AvgIpc) is 2.75. The second-order valence-corrected chi connectivity index (χ2v) is 5.02. The molecule has 0 atom stereocenters. The molecular formula is C12H11ClN2O2S. The van der Waals surface area contributed by atoms with Crippen LogP contribution in [0.25, 0.3) is 0 Å². The number of aromatic nitrogens is 1. The van der Waals surface area contributed by atoms with Crippen LogP contribution < -0.4 is 5.32 Å². The highest BCUT2D eigenvalue weighted by Crippen LogP contribution is 2.27. The molecule has 0 radical (unpaired) electrons. The van der Waals surface area contributed by atoms with Gasteiger partial charge in [0.05, 0.1) is 5.69 Å². The Morgan fingerprint density at radius 1 is 1.44 bits per heavy atom. The van der Waals surface area contributed by atoms with Gasteiger partial charge in [0.1, 0.15) is 4.88 Å². The number of carboxylic acid groups (broad SMARTS) is 1. The smallest absolute Gasteiger partial charge is 0.347 e. The highest BCUT2D eigenvalue weighted by molar-refractivity contribution is 7.17. The summed E-state index contributed by atoms with van der Waals surface area (Å²) in [7, 11) is 0. The van der Waals surface area contributed by atoms with Crippen LogP contribution in [0.1, 0.15) is 22.3 Å². The maximum Gasteiger partial charge on any atom is 0.347 e. The highest BCUT2D eigenvalue weighted by Gasteiger charge is 2.15. The lowest BCUT2D eigenvalue weighted by molar-refractivity contribution is 0.0701. The summed E-state index contributed by atoms with van der Waals surface area (Å²) in [6, 6.07) is 7.15. The number of thiazole rings is 1. The Morgan fingerprint density at radius 2 is 2.11 bits per heavy atom. The number of aryl methyl sites for hydroxylation is 1. The van der Waals surface area contributed by atoms with Gasteiger partial charge in [-0.05, 0) is 30.7 Å². The Balaban J connectivity index is 2.24. The lowest BCUT2D eigenvalue weighted by atomic mass is 10.3. The van der Waals surface area contributed by atoms with E-state index < -0.39 is 5.97 Å².